The molecule has 6 unspecified atom stereocenters. The molecule has 10 N–H and O–H groups in total. The van der Waals surface area contributed by atoms with Crippen LogP contribution in [0.1, 0.15) is 33.1 Å². The molecule has 0 rings (SSSR count). The summed E-state index contributed by atoms with van der Waals surface area (Å²) in [7, 11) is 0. The van der Waals surface area contributed by atoms with Crippen molar-refractivity contribution in [2.45, 2.75) is 69.5 Å². The first-order valence-corrected chi connectivity index (χ1v) is 9.36. The van der Waals surface area contributed by atoms with Gasteiger partial charge in [0.15, 0.2) is 6.04 Å². The Kier molecular flexibility index (Phi) is 11.8. The average Bonchev–Trinajstić information content (AvgIpc) is 2.66. The number of hydrogen-bond donors (Lipinski definition) is 9. The molecule has 15 heteroatoms. The van der Waals surface area contributed by atoms with E-state index in [9.17, 15) is 39.0 Å². The molecule has 0 saturated carbocycles. The zero-order valence-corrected chi connectivity index (χ0v) is 17.3. The number of aliphatic hydroxyl groups is 2. The van der Waals surface area contributed by atoms with Crippen LogP contribution in [0.5, 0.6) is 0 Å². The van der Waals surface area contributed by atoms with Gasteiger partial charge in [0, 0.05) is 6.42 Å². The highest BCUT2D eigenvalue weighted by atomic mass is 16.4. The van der Waals surface area contributed by atoms with Gasteiger partial charge in [0.25, 0.3) is 0 Å². The number of rotatable bonds is 14. The van der Waals surface area contributed by atoms with Crippen molar-refractivity contribution in [3.63, 3.8) is 0 Å². The smallest absolute Gasteiger partial charge is 0.328 e. The Bertz CT molecular complexity index is 725. The first kappa shape index (κ1) is 28.7. The molecule has 0 aliphatic carbocycles. The summed E-state index contributed by atoms with van der Waals surface area (Å²) in [6.45, 7) is 2.26. The van der Waals surface area contributed by atoms with E-state index in [1.807, 2.05) is 10.6 Å². The monoisotopic (exact) mass is 464 g/mol. The van der Waals surface area contributed by atoms with Crippen molar-refractivity contribution in [2.24, 2.45) is 5.73 Å². The van der Waals surface area contributed by atoms with Gasteiger partial charge in [-0.2, -0.15) is 0 Å². The number of carbonyl (C=O) groups is 6. The topological polar surface area (TPSA) is 266 Å². The van der Waals surface area contributed by atoms with Crippen LogP contribution in [0.15, 0.2) is 0 Å². The second-order valence-corrected chi connectivity index (χ2v) is 6.98. The Morgan fingerprint density at radius 2 is 1.25 bits per heavy atom. The largest absolute Gasteiger partial charge is 0.481 e. The highest BCUT2D eigenvalue weighted by molar-refractivity contribution is 5.95. The summed E-state index contributed by atoms with van der Waals surface area (Å²) >= 11 is 0. The summed E-state index contributed by atoms with van der Waals surface area (Å²) in [4.78, 5) is 70.0. The molecule has 0 aromatic heterocycles. The molecule has 32 heavy (non-hydrogen) atoms. The number of nitrogens with two attached hydrogens (primary N) is 1. The molecule has 6 atom stereocenters. The van der Waals surface area contributed by atoms with Crippen LogP contribution in [0, 0.1) is 0 Å². The summed E-state index contributed by atoms with van der Waals surface area (Å²) in [6.07, 6.45) is -4.91. The van der Waals surface area contributed by atoms with Crippen LogP contribution in [0.2, 0.25) is 0 Å². The Labute approximate surface area is 182 Å². The van der Waals surface area contributed by atoms with Gasteiger partial charge in [-0.1, -0.05) is 0 Å². The molecule has 0 aromatic carbocycles. The molecule has 0 saturated heterocycles. The molecule has 0 heterocycles. The molecule has 3 amide bonds. The first-order valence-electron chi connectivity index (χ1n) is 9.36. The number of carboxylic acids is 3. The maximum Gasteiger partial charge on any atom is 0.328 e. The third-order valence-electron chi connectivity index (χ3n) is 4.16. The van der Waals surface area contributed by atoms with Gasteiger partial charge in [-0.15, -0.1) is 0 Å². The average molecular weight is 464 g/mol. The highest BCUT2D eigenvalue weighted by Gasteiger charge is 2.33. The van der Waals surface area contributed by atoms with E-state index in [2.05, 4.69) is 5.32 Å². The second-order valence-electron chi connectivity index (χ2n) is 6.98. The minimum Gasteiger partial charge on any atom is -0.481 e. The molecule has 0 aromatic rings. The van der Waals surface area contributed by atoms with Crippen molar-refractivity contribution in [3.05, 3.63) is 0 Å². The van der Waals surface area contributed by atoms with Crippen molar-refractivity contribution in [2.75, 3.05) is 0 Å². The Hall–Kier alpha value is -3.30. The summed E-state index contributed by atoms with van der Waals surface area (Å²) in [5, 5.41) is 51.7. The van der Waals surface area contributed by atoms with E-state index in [0.717, 1.165) is 6.92 Å². The molecule has 0 fully saturated rings. The second kappa shape index (κ2) is 13.2. The molecule has 15 nitrogen and oxygen atoms in total. The van der Waals surface area contributed by atoms with Crippen molar-refractivity contribution in [3.8, 4) is 0 Å². The van der Waals surface area contributed by atoms with Gasteiger partial charge in [-0.25, -0.2) is 4.79 Å². The van der Waals surface area contributed by atoms with Gasteiger partial charge in [-0.3, -0.25) is 24.0 Å². The van der Waals surface area contributed by atoms with Crippen LogP contribution in [0.4, 0.5) is 0 Å². The Morgan fingerprint density at radius 3 is 1.66 bits per heavy atom. The summed E-state index contributed by atoms with van der Waals surface area (Å²) in [6, 6.07) is -6.66. The SMILES string of the molecule is CC(O)C(N)C(=O)NC(CCC(=O)O)C(=O)NC(CC(=O)O)C(=O)NC(C(=O)O)C(C)O. The quantitative estimate of drug-likeness (QED) is 0.119. The van der Waals surface area contributed by atoms with Crippen LogP contribution in [-0.2, 0) is 28.8 Å². The number of carbonyl (C=O) groups excluding carboxylic acids is 3. The van der Waals surface area contributed by atoms with Crippen LogP contribution in [0.3, 0.4) is 0 Å². The van der Waals surface area contributed by atoms with Gasteiger partial charge >= 0.3 is 17.9 Å². The standard InChI is InChI=1S/C17H28N4O11/c1-6(22)12(18)16(30)19-8(3-4-10(24)25)14(28)20-9(5-11(26)27)15(29)21-13(7(2)23)17(31)32/h6-9,12-13,22-23H,3-5,18H2,1-2H3,(H,19,30)(H,20,28)(H,21,29)(H,24,25)(H,26,27)(H,31,32). The minimum absolute atomic E-state index is 0.466. The fraction of sp³-hybridized carbons (Fsp3) is 0.647. The lowest BCUT2D eigenvalue weighted by Crippen LogP contribution is -2.59. The van der Waals surface area contributed by atoms with Gasteiger partial charge < -0.3 is 47.2 Å². The van der Waals surface area contributed by atoms with E-state index in [0.29, 0.717) is 0 Å². The van der Waals surface area contributed by atoms with Crippen LogP contribution in [-0.4, -0.2) is 97.5 Å². The van der Waals surface area contributed by atoms with Crippen LogP contribution < -0.4 is 21.7 Å². The van der Waals surface area contributed by atoms with E-state index in [4.69, 9.17) is 21.1 Å². The van der Waals surface area contributed by atoms with Crippen molar-refractivity contribution in [1.29, 1.82) is 0 Å². The zero-order chi connectivity index (χ0) is 25.2. The van der Waals surface area contributed by atoms with Gasteiger partial charge in [0.05, 0.1) is 18.6 Å². The van der Waals surface area contributed by atoms with Crippen molar-refractivity contribution in [1.82, 2.24) is 16.0 Å². The maximum absolute atomic E-state index is 12.6. The number of aliphatic hydroxyl groups excluding tert-OH is 2. The van der Waals surface area contributed by atoms with Gasteiger partial charge in [0.1, 0.15) is 18.1 Å². The Morgan fingerprint density at radius 1 is 0.750 bits per heavy atom. The third-order valence-corrected chi connectivity index (χ3v) is 4.16. The van der Waals surface area contributed by atoms with Crippen LogP contribution >= 0.6 is 0 Å². The molecule has 0 aliphatic heterocycles. The summed E-state index contributed by atoms with van der Waals surface area (Å²) in [5.74, 6) is -7.90. The predicted molar refractivity (Wildman–Crippen MR) is 104 cm³/mol. The van der Waals surface area contributed by atoms with Crippen molar-refractivity contribution < 1.29 is 54.3 Å². The number of hydrogen-bond acceptors (Lipinski definition) is 9. The number of aliphatic carboxylic acids is 3. The van der Waals surface area contributed by atoms with E-state index in [-0.39, 0.29) is 0 Å². The molecule has 0 aliphatic rings. The summed E-state index contributed by atoms with van der Waals surface area (Å²) < 4.78 is 0. The lowest BCUT2D eigenvalue weighted by molar-refractivity contribution is -0.146. The van der Waals surface area contributed by atoms with Gasteiger partial charge in [-0.05, 0) is 20.3 Å². The van der Waals surface area contributed by atoms with E-state index in [1.54, 1.807) is 0 Å². The number of amides is 3. The molecule has 0 radical (unpaired) electrons. The van der Waals surface area contributed by atoms with E-state index in [1.165, 1.54) is 6.92 Å². The number of carboxylic acid groups (broad SMARTS) is 3. The first-order chi connectivity index (χ1) is 14.7. The zero-order valence-electron chi connectivity index (χ0n) is 17.3. The van der Waals surface area contributed by atoms with Crippen molar-refractivity contribution >= 4 is 35.6 Å². The van der Waals surface area contributed by atoms with Crippen LogP contribution in [0.25, 0.3) is 0 Å². The maximum atomic E-state index is 12.6. The lowest BCUT2D eigenvalue weighted by atomic mass is 10.1. The molecular weight excluding hydrogens is 436 g/mol. The predicted octanol–water partition coefficient (Wildman–Crippen LogP) is -4.05. The molecule has 0 bridgehead atoms. The van der Waals surface area contributed by atoms with Gasteiger partial charge in [0.2, 0.25) is 17.7 Å². The fourth-order valence-corrected chi connectivity index (χ4v) is 2.32. The third kappa shape index (κ3) is 10.1. The summed E-state index contributed by atoms with van der Waals surface area (Å²) in [5.41, 5.74) is 5.46. The lowest BCUT2D eigenvalue weighted by Gasteiger charge is -2.25. The number of nitrogens with one attached hydrogen (secondary N) is 3. The van der Waals surface area contributed by atoms with E-state index >= 15 is 0 Å². The minimum atomic E-state index is -1.82. The fourth-order valence-electron chi connectivity index (χ4n) is 2.32. The molecule has 182 valence electrons. The molecule has 0 spiro atoms. The highest BCUT2D eigenvalue weighted by Crippen LogP contribution is 2.04. The normalized spacial score (nSPS) is 16.4. The Balaban J connectivity index is 5.59. The molecular formula is C17H28N4O11. The van der Waals surface area contributed by atoms with E-state index < -0.39 is 91.3 Å².